The summed E-state index contributed by atoms with van der Waals surface area (Å²) in [5.41, 5.74) is 1.31. The predicted molar refractivity (Wildman–Crippen MR) is 74.8 cm³/mol. The highest BCUT2D eigenvalue weighted by Gasteiger charge is 2.41. The van der Waals surface area contributed by atoms with Crippen LogP contribution in [0.4, 0.5) is 0 Å². The molecule has 1 N–H and O–H groups in total. The maximum absolute atomic E-state index is 11.0. The van der Waals surface area contributed by atoms with Crippen LogP contribution in [0.15, 0.2) is 18.2 Å². The minimum absolute atomic E-state index is 0.357. The second-order valence-corrected chi connectivity index (χ2v) is 6.88. The van der Waals surface area contributed by atoms with Gasteiger partial charge in [-0.25, -0.2) is 9.78 Å². The van der Waals surface area contributed by atoms with E-state index in [2.05, 4.69) is 0 Å². The van der Waals surface area contributed by atoms with E-state index in [4.69, 9.17) is 10.1 Å². The Balaban J connectivity index is 1.73. The van der Waals surface area contributed by atoms with Gasteiger partial charge in [0.2, 0.25) is 0 Å². The summed E-state index contributed by atoms with van der Waals surface area (Å²) in [7, 11) is 0. The minimum atomic E-state index is -0.864. The van der Waals surface area contributed by atoms with Crippen LogP contribution in [0.25, 0.3) is 10.2 Å². The molecule has 2 aliphatic rings. The monoisotopic (exact) mass is 273 g/mol. The van der Waals surface area contributed by atoms with Crippen molar-refractivity contribution in [1.82, 2.24) is 4.98 Å². The van der Waals surface area contributed by atoms with Crippen molar-refractivity contribution < 1.29 is 9.90 Å². The molecule has 4 rings (SSSR count). The minimum Gasteiger partial charge on any atom is -0.478 e. The van der Waals surface area contributed by atoms with Gasteiger partial charge in [0, 0.05) is 5.92 Å². The lowest BCUT2D eigenvalue weighted by Crippen LogP contribution is -2.07. The number of carboxylic acid groups (broad SMARTS) is 1. The summed E-state index contributed by atoms with van der Waals surface area (Å²) in [5, 5.41) is 10.3. The van der Waals surface area contributed by atoms with Crippen molar-refractivity contribution in [3.05, 3.63) is 28.8 Å². The van der Waals surface area contributed by atoms with Crippen molar-refractivity contribution >= 4 is 27.5 Å². The quantitative estimate of drug-likeness (QED) is 0.902. The van der Waals surface area contributed by atoms with E-state index in [9.17, 15) is 4.79 Å². The zero-order valence-electron chi connectivity index (χ0n) is 10.5. The largest absolute Gasteiger partial charge is 0.478 e. The summed E-state index contributed by atoms with van der Waals surface area (Å²) < 4.78 is 1.01. The molecular weight excluding hydrogens is 258 g/mol. The van der Waals surface area contributed by atoms with Gasteiger partial charge in [-0.3, -0.25) is 0 Å². The first-order valence-corrected chi connectivity index (χ1v) is 7.66. The lowest BCUT2D eigenvalue weighted by molar-refractivity contribution is 0.0697. The van der Waals surface area contributed by atoms with Crippen molar-refractivity contribution in [2.75, 3.05) is 0 Å². The van der Waals surface area contributed by atoms with E-state index in [1.807, 2.05) is 6.07 Å². The number of hydrogen-bond donors (Lipinski definition) is 1. The van der Waals surface area contributed by atoms with E-state index in [1.54, 1.807) is 23.5 Å². The second kappa shape index (κ2) is 4.04. The third-order valence-electron chi connectivity index (χ3n) is 4.71. The van der Waals surface area contributed by atoms with Crippen LogP contribution < -0.4 is 0 Å². The maximum atomic E-state index is 11.0. The first kappa shape index (κ1) is 11.4. The smallest absolute Gasteiger partial charge is 0.335 e. The van der Waals surface area contributed by atoms with Gasteiger partial charge in [-0.2, -0.15) is 0 Å². The third kappa shape index (κ3) is 1.77. The van der Waals surface area contributed by atoms with Gasteiger partial charge in [-0.1, -0.05) is 6.42 Å². The molecule has 3 atom stereocenters. The molecule has 3 nitrogen and oxygen atoms in total. The van der Waals surface area contributed by atoms with E-state index in [-0.39, 0.29) is 0 Å². The number of carboxylic acids is 1. The Hall–Kier alpha value is -1.42. The lowest BCUT2D eigenvalue weighted by Gasteiger charge is -2.18. The molecule has 2 aliphatic carbocycles. The topological polar surface area (TPSA) is 50.2 Å². The first-order chi connectivity index (χ1) is 9.20. The molecule has 1 heterocycles. The number of aromatic carboxylic acids is 1. The molecule has 0 radical (unpaired) electrons. The number of carbonyl (C=O) groups is 1. The molecule has 1 aromatic heterocycles. The third-order valence-corrected chi connectivity index (χ3v) is 5.86. The van der Waals surface area contributed by atoms with Crippen molar-refractivity contribution in [2.45, 2.75) is 31.6 Å². The maximum Gasteiger partial charge on any atom is 0.335 e. The fraction of sp³-hybridized carbons (Fsp3) is 0.467. The van der Waals surface area contributed by atoms with Crippen molar-refractivity contribution in [2.24, 2.45) is 11.8 Å². The van der Waals surface area contributed by atoms with Gasteiger partial charge in [-0.05, 0) is 49.3 Å². The van der Waals surface area contributed by atoms with Crippen LogP contribution in [0.2, 0.25) is 0 Å². The zero-order valence-corrected chi connectivity index (χ0v) is 11.3. The first-order valence-electron chi connectivity index (χ1n) is 6.84. The van der Waals surface area contributed by atoms with E-state index < -0.39 is 5.97 Å². The summed E-state index contributed by atoms with van der Waals surface area (Å²) in [6.45, 7) is 0. The van der Waals surface area contributed by atoms with Crippen LogP contribution in [-0.2, 0) is 0 Å². The summed E-state index contributed by atoms with van der Waals surface area (Å²) >= 11 is 1.69. The zero-order chi connectivity index (χ0) is 13.0. The Morgan fingerprint density at radius 1 is 1.32 bits per heavy atom. The molecule has 2 aromatic rings. The van der Waals surface area contributed by atoms with Gasteiger partial charge in [0.05, 0.1) is 20.8 Å². The number of rotatable bonds is 2. The van der Waals surface area contributed by atoms with Gasteiger partial charge in [0.25, 0.3) is 0 Å². The Labute approximate surface area is 115 Å². The fourth-order valence-corrected chi connectivity index (χ4v) is 4.99. The predicted octanol–water partition coefficient (Wildman–Crippen LogP) is 3.90. The van der Waals surface area contributed by atoms with Crippen LogP contribution >= 0.6 is 11.3 Å². The van der Waals surface area contributed by atoms with Crippen LogP contribution in [0.3, 0.4) is 0 Å². The molecule has 4 heteroatoms. The number of thiazole rings is 1. The Kier molecular flexibility index (Phi) is 2.42. The summed E-state index contributed by atoms with van der Waals surface area (Å²) in [4.78, 5) is 15.7. The highest BCUT2D eigenvalue weighted by atomic mass is 32.1. The average molecular weight is 273 g/mol. The van der Waals surface area contributed by atoms with Gasteiger partial charge in [0.1, 0.15) is 0 Å². The molecule has 3 unspecified atom stereocenters. The average Bonchev–Trinajstić information content (AvgIpc) is 3.11. The van der Waals surface area contributed by atoms with E-state index in [1.165, 1.54) is 30.7 Å². The Bertz CT molecular complexity index is 663. The van der Waals surface area contributed by atoms with E-state index >= 15 is 0 Å². The summed E-state index contributed by atoms with van der Waals surface area (Å²) in [6.07, 6.45) is 5.41. The molecule has 98 valence electrons. The number of hydrogen-bond acceptors (Lipinski definition) is 3. The normalized spacial score (nSPS) is 29.2. The number of benzene rings is 1. The number of aromatic nitrogens is 1. The van der Waals surface area contributed by atoms with Crippen LogP contribution in [-0.4, -0.2) is 16.1 Å². The SMILES string of the molecule is O=C(O)c1ccc2nc(C3CC4CCC3C4)sc2c1. The fourth-order valence-electron chi connectivity index (χ4n) is 3.78. The molecule has 2 bridgehead atoms. The van der Waals surface area contributed by atoms with Gasteiger partial charge in [0.15, 0.2) is 0 Å². The Morgan fingerprint density at radius 3 is 2.89 bits per heavy atom. The molecule has 2 saturated carbocycles. The molecule has 2 fully saturated rings. The van der Waals surface area contributed by atoms with Crippen LogP contribution in [0.1, 0.15) is 47.0 Å². The van der Waals surface area contributed by atoms with E-state index in [0.29, 0.717) is 11.5 Å². The highest BCUT2D eigenvalue weighted by Crippen LogP contribution is 2.53. The van der Waals surface area contributed by atoms with Crippen LogP contribution in [0, 0.1) is 11.8 Å². The summed E-state index contributed by atoms with van der Waals surface area (Å²) in [6, 6.07) is 5.24. The van der Waals surface area contributed by atoms with Crippen molar-refractivity contribution in [1.29, 1.82) is 0 Å². The second-order valence-electron chi connectivity index (χ2n) is 5.82. The molecular formula is C15H15NO2S. The lowest BCUT2D eigenvalue weighted by atomic mass is 9.89. The molecule has 0 amide bonds. The highest BCUT2D eigenvalue weighted by molar-refractivity contribution is 7.18. The molecule has 19 heavy (non-hydrogen) atoms. The molecule has 0 spiro atoms. The Morgan fingerprint density at radius 2 is 2.21 bits per heavy atom. The van der Waals surface area contributed by atoms with Crippen LogP contribution in [0.5, 0.6) is 0 Å². The number of nitrogens with zero attached hydrogens (tertiary/aromatic N) is 1. The standard InChI is InChI=1S/C15H15NO2S/c17-15(18)10-3-4-12-13(7-10)19-14(16-12)11-6-8-1-2-9(11)5-8/h3-4,7-9,11H,1-2,5-6H2,(H,17,18). The van der Waals surface area contributed by atoms with Gasteiger partial charge in [-0.15, -0.1) is 11.3 Å². The number of fused-ring (bicyclic) bond motifs is 3. The molecule has 0 aliphatic heterocycles. The van der Waals surface area contributed by atoms with E-state index in [0.717, 1.165) is 22.1 Å². The summed E-state index contributed by atoms with van der Waals surface area (Å²) in [5.74, 6) is 1.50. The van der Waals surface area contributed by atoms with Gasteiger partial charge < -0.3 is 5.11 Å². The molecule has 0 saturated heterocycles. The van der Waals surface area contributed by atoms with Gasteiger partial charge >= 0.3 is 5.97 Å². The van der Waals surface area contributed by atoms with Crippen molar-refractivity contribution in [3.63, 3.8) is 0 Å². The molecule has 1 aromatic carbocycles. The van der Waals surface area contributed by atoms with Crippen molar-refractivity contribution in [3.8, 4) is 0 Å².